The van der Waals surface area contributed by atoms with Gasteiger partial charge in [0.05, 0.1) is 12.3 Å². The molecule has 1 aromatic heterocycles. The Morgan fingerprint density at radius 1 is 1.00 bits per heavy atom. The van der Waals surface area contributed by atoms with Gasteiger partial charge in [0, 0.05) is 42.3 Å². The third-order valence-corrected chi connectivity index (χ3v) is 5.76. The first-order valence-corrected chi connectivity index (χ1v) is 10.9. The molecule has 1 aliphatic heterocycles. The van der Waals surface area contributed by atoms with E-state index in [1.165, 1.54) is 0 Å². The van der Waals surface area contributed by atoms with Crippen LogP contribution >= 0.6 is 11.6 Å². The third kappa shape index (κ3) is 4.73. The fraction of sp³-hybridized carbons (Fsp3) is 0.280. The maximum absolute atomic E-state index is 13.2. The highest BCUT2D eigenvalue weighted by molar-refractivity contribution is 6.30. The van der Waals surface area contributed by atoms with E-state index in [1.54, 1.807) is 0 Å². The largest absolute Gasteiger partial charge is 0.462 e. The molecule has 0 unspecified atom stereocenters. The molecular weight excluding hydrogens is 410 g/mol. The number of aromatic nitrogens is 1. The Labute approximate surface area is 188 Å². The van der Waals surface area contributed by atoms with Gasteiger partial charge in [0.15, 0.2) is 0 Å². The lowest BCUT2D eigenvalue weighted by atomic mass is 9.97. The van der Waals surface area contributed by atoms with Crippen LogP contribution in [0.5, 0.6) is 0 Å². The van der Waals surface area contributed by atoms with Gasteiger partial charge in [0.25, 0.3) is 0 Å². The number of hydrogen-bond acceptors (Lipinski definition) is 5. The summed E-state index contributed by atoms with van der Waals surface area (Å²) in [6, 6.07) is 19.6. The molecule has 31 heavy (non-hydrogen) atoms. The van der Waals surface area contributed by atoms with Crippen LogP contribution in [0.25, 0.3) is 22.4 Å². The Hall–Kier alpha value is -2.89. The number of likely N-dealkylation sites (N-methyl/N-ethyl adjacent to an activating group) is 1. The molecule has 6 heteroatoms. The van der Waals surface area contributed by atoms with Crippen LogP contribution in [0.2, 0.25) is 5.02 Å². The summed E-state index contributed by atoms with van der Waals surface area (Å²) in [5.74, 6) is 0.325. The second kappa shape index (κ2) is 9.50. The van der Waals surface area contributed by atoms with E-state index >= 15 is 0 Å². The Morgan fingerprint density at radius 3 is 2.32 bits per heavy atom. The molecule has 5 nitrogen and oxygen atoms in total. The Bertz CT molecular complexity index is 1050. The van der Waals surface area contributed by atoms with E-state index in [2.05, 4.69) is 16.8 Å². The summed E-state index contributed by atoms with van der Waals surface area (Å²) < 4.78 is 5.47. The summed E-state index contributed by atoms with van der Waals surface area (Å²) in [5.41, 5.74) is 4.05. The maximum Gasteiger partial charge on any atom is 0.342 e. The summed E-state index contributed by atoms with van der Waals surface area (Å²) in [6.45, 7) is 5.55. The molecule has 0 atom stereocenters. The van der Waals surface area contributed by atoms with E-state index in [0.717, 1.165) is 48.6 Å². The Balaban J connectivity index is 1.94. The van der Waals surface area contributed by atoms with E-state index in [9.17, 15) is 4.79 Å². The lowest BCUT2D eigenvalue weighted by molar-refractivity contribution is 0.0527. The van der Waals surface area contributed by atoms with E-state index in [0.29, 0.717) is 23.0 Å². The van der Waals surface area contributed by atoms with Gasteiger partial charge in [-0.15, -0.1) is 0 Å². The third-order valence-electron chi connectivity index (χ3n) is 5.51. The molecule has 3 aromatic rings. The Morgan fingerprint density at radius 2 is 1.68 bits per heavy atom. The molecule has 0 aliphatic carbocycles. The minimum absolute atomic E-state index is 0.307. The average molecular weight is 436 g/mol. The lowest BCUT2D eigenvalue weighted by Gasteiger charge is -2.34. The fourth-order valence-electron chi connectivity index (χ4n) is 3.80. The predicted molar refractivity (Wildman–Crippen MR) is 126 cm³/mol. The van der Waals surface area contributed by atoms with Crippen molar-refractivity contribution in [3.8, 4) is 22.4 Å². The number of hydrogen-bond donors (Lipinski definition) is 0. The van der Waals surface area contributed by atoms with Crippen LogP contribution in [0.1, 0.15) is 17.3 Å². The van der Waals surface area contributed by atoms with Crippen LogP contribution < -0.4 is 4.90 Å². The van der Waals surface area contributed by atoms with Gasteiger partial charge in [-0.3, -0.25) is 0 Å². The summed E-state index contributed by atoms with van der Waals surface area (Å²) in [6.07, 6.45) is 0. The van der Waals surface area contributed by atoms with Gasteiger partial charge in [-0.05, 0) is 37.7 Å². The van der Waals surface area contributed by atoms with Crippen LogP contribution in [0.3, 0.4) is 0 Å². The van der Waals surface area contributed by atoms with Gasteiger partial charge in [-0.1, -0.05) is 54.1 Å². The highest BCUT2D eigenvalue weighted by atomic mass is 35.5. The van der Waals surface area contributed by atoms with Gasteiger partial charge >= 0.3 is 5.97 Å². The van der Waals surface area contributed by atoms with E-state index in [1.807, 2.05) is 67.6 Å². The molecule has 2 heterocycles. The number of benzene rings is 2. The molecule has 160 valence electrons. The SMILES string of the molecule is CCOC(=O)c1c(-c2ccc(Cl)cc2)cc(-c2ccccc2)nc1N1CCN(C)CC1. The quantitative estimate of drug-likeness (QED) is 0.528. The molecule has 1 fully saturated rings. The molecule has 0 radical (unpaired) electrons. The van der Waals surface area contributed by atoms with Gasteiger partial charge in [-0.2, -0.15) is 0 Å². The number of rotatable bonds is 5. The van der Waals surface area contributed by atoms with E-state index in [-0.39, 0.29) is 5.97 Å². The van der Waals surface area contributed by atoms with Crippen molar-refractivity contribution >= 4 is 23.4 Å². The smallest absolute Gasteiger partial charge is 0.342 e. The number of ether oxygens (including phenoxy) is 1. The van der Waals surface area contributed by atoms with E-state index in [4.69, 9.17) is 21.3 Å². The summed E-state index contributed by atoms with van der Waals surface area (Å²) >= 11 is 6.13. The standard InChI is InChI=1S/C25H26ClN3O2/c1-3-31-25(30)23-21(18-9-11-20(26)12-10-18)17-22(19-7-5-4-6-8-19)27-24(23)29-15-13-28(2)14-16-29/h4-12,17H,3,13-16H2,1-2H3. The van der Waals surface area contributed by atoms with Gasteiger partial charge in [0.2, 0.25) is 0 Å². The average Bonchev–Trinajstić information content (AvgIpc) is 2.80. The highest BCUT2D eigenvalue weighted by Gasteiger charge is 2.27. The van der Waals surface area contributed by atoms with Crippen LogP contribution in [0.4, 0.5) is 5.82 Å². The monoisotopic (exact) mass is 435 g/mol. The molecule has 0 bridgehead atoms. The minimum Gasteiger partial charge on any atom is -0.462 e. The van der Waals surface area contributed by atoms with Gasteiger partial charge < -0.3 is 14.5 Å². The molecule has 0 saturated carbocycles. The molecule has 0 N–H and O–H groups in total. The van der Waals surface area contributed by atoms with Crippen molar-refractivity contribution in [3.63, 3.8) is 0 Å². The molecule has 4 rings (SSSR count). The van der Waals surface area contributed by atoms with Crippen LogP contribution in [-0.2, 0) is 4.74 Å². The first-order valence-electron chi connectivity index (χ1n) is 10.5. The Kier molecular flexibility index (Phi) is 6.54. The number of anilines is 1. The summed E-state index contributed by atoms with van der Waals surface area (Å²) in [4.78, 5) is 22.6. The number of nitrogens with zero attached hydrogens (tertiary/aromatic N) is 3. The first-order chi connectivity index (χ1) is 15.1. The number of pyridine rings is 1. The molecule has 1 saturated heterocycles. The van der Waals surface area contributed by atoms with Crippen LogP contribution in [0.15, 0.2) is 60.7 Å². The number of carbonyl (C=O) groups excluding carboxylic acids is 1. The predicted octanol–water partition coefficient (Wildman–Crippen LogP) is 5.00. The van der Waals surface area contributed by atoms with Crippen molar-refractivity contribution in [1.29, 1.82) is 0 Å². The molecule has 2 aromatic carbocycles. The van der Waals surface area contributed by atoms with Crippen molar-refractivity contribution in [3.05, 3.63) is 71.2 Å². The van der Waals surface area contributed by atoms with Gasteiger partial charge in [0.1, 0.15) is 11.4 Å². The van der Waals surface area contributed by atoms with Crippen LogP contribution in [-0.4, -0.2) is 55.7 Å². The highest BCUT2D eigenvalue weighted by Crippen LogP contribution is 2.35. The normalized spacial score (nSPS) is 14.5. The zero-order valence-corrected chi connectivity index (χ0v) is 18.6. The number of halogens is 1. The van der Waals surface area contributed by atoms with Gasteiger partial charge in [-0.25, -0.2) is 9.78 Å². The fourth-order valence-corrected chi connectivity index (χ4v) is 3.92. The number of esters is 1. The second-order valence-corrected chi connectivity index (χ2v) is 8.07. The van der Waals surface area contributed by atoms with E-state index < -0.39 is 0 Å². The molecule has 0 amide bonds. The topological polar surface area (TPSA) is 45.7 Å². The van der Waals surface area contributed by atoms with Crippen molar-refractivity contribution in [2.75, 3.05) is 44.7 Å². The number of piperazine rings is 1. The maximum atomic E-state index is 13.2. The van der Waals surface area contributed by atoms with Crippen molar-refractivity contribution in [1.82, 2.24) is 9.88 Å². The first kappa shape index (κ1) is 21.3. The van der Waals surface area contributed by atoms with Crippen LogP contribution in [0, 0.1) is 0 Å². The zero-order chi connectivity index (χ0) is 21.8. The lowest BCUT2D eigenvalue weighted by Crippen LogP contribution is -2.45. The summed E-state index contributed by atoms with van der Waals surface area (Å²) in [5, 5.41) is 0.651. The molecular formula is C25H26ClN3O2. The summed E-state index contributed by atoms with van der Waals surface area (Å²) in [7, 11) is 2.11. The molecule has 1 aliphatic rings. The molecule has 0 spiro atoms. The van der Waals surface area contributed by atoms with Crippen molar-refractivity contribution in [2.24, 2.45) is 0 Å². The second-order valence-electron chi connectivity index (χ2n) is 7.64. The number of carbonyl (C=O) groups is 1. The van der Waals surface area contributed by atoms with Crippen molar-refractivity contribution < 1.29 is 9.53 Å². The minimum atomic E-state index is -0.353. The zero-order valence-electron chi connectivity index (χ0n) is 17.8. The van der Waals surface area contributed by atoms with Crippen molar-refractivity contribution in [2.45, 2.75) is 6.92 Å².